The Balaban J connectivity index is 1.99. The summed E-state index contributed by atoms with van der Waals surface area (Å²) >= 11 is 6.03. The van der Waals surface area contributed by atoms with Gasteiger partial charge in [0.2, 0.25) is 11.8 Å². The third-order valence-corrected chi connectivity index (χ3v) is 8.27. The summed E-state index contributed by atoms with van der Waals surface area (Å²) in [7, 11) is -4.28. The Morgan fingerprint density at radius 2 is 1.56 bits per heavy atom. The molecule has 0 aliphatic carbocycles. The number of carbonyl (C=O) groups excluding carboxylic acids is 2. The van der Waals surface area contributed by atoms with E-state index in [4.69, 9.17) is 16.3 Å². The summed E-state index contributed by atoms with van der Waals surface area (Å²) in [4.78, 5) is 28.2. The predicted molar refractivity (Wildman–Crippen MR) is 158 cm³/mol. The average molecular weight is 604 g/mol. The summed E-state index contributed by atoms with van der Waals surface area (Å²) in [6, 6.07) is 16.5. The van der Waals surface area contributed by atoms with Crippen molar-refractivity contribution in [3.63, 3.8) is 0 Å². The van der Waals surface area contributed by atoms with Gasteiger partial charge < -0.3 is 15.0 Å². The van der Waals surface area contributed by atoms with Gasteiger partial charge in [0.05, 0.1) is 17.2 Å². The predicted octanol–water partition coefficient (Wildman–Crippen LogP) is 5.26. The van der Waals surface area contributed by atoms with Crippen LogP contribution >= 0.6 is 11.6 Å². The first-order valence-electron chi connectivity index (χ1n) is 13.2. The van der Waals surface area contributed by atoms with E-state index < -0.39 is 34.3 Å². The van der Waals surface area contributed by atoms with E-state index in [1.165, 1.54) is 41.3 Å². The van der Waals surface area contributed by atoms with Crippen molar-refractivity contribution < 1.29 is 27.1 Å². The van der Waals surface area contributed by atoms with Crippen molar-refractivity contribution in [2.75, 3.05) is 24.0 Å². The number of sulfonamides is 1. The molecule has 3 aromatic carbocycles. The number of nitrogens with one attached hydrogen (secondary N) is 1. The second-order valence-electron chi connectivity index (χ2n) is 9.86. The summed E-state index contributed by atoms with van der Waals surface area (Å²) in [5.74, 6) is -0.862. The number of rotatable bonds is 13. The van der Waals surface area contributed by atoms with Gasteiger partial charge >= 0.3 is 0 Å². The summed E-state index contributed by atoms with van der Waals surface area (Å²) in [5, 5.41) is 3.35. The summed E-state index contributed by atoms with van der Waals surface area (Å²) < 4.78 is 47.8. The lowest BCUT2D eigenvalue weighted by atomic mass is 10.1. The second kappa shape index (κ2) is 14.3. The molecule has 0 heterocycles. The maximum absolute atomic E-state index is 13.9. The molecule has 0 aromatic heterocycles. The summed E-state index contributed by atoms with van der Waals surface area (Å²) in [6.07, 6.45) is 0. The van der Waals surface area contributed by atoms with Crippen molar-refractivity contribution in [2.45, 2.75) is 45.2 Å². The van der Waals surface area contributed by atoms with Gasteiger partial charge in [-0.1, -0.05) is 37.6 Å². The van der Waals surface area contributed by atoms with Gasteiger partial charge in [-0.2, -0.15) is 0 Å². The van der Waals surface area contributed by atoms with Crippen LogP contribution in [0.2, 0.25) is 5.02 Å². The minimum atomic E-state index is -4.28. The van der Waals surface area contributed by atoms with Gasteiger partial charge in [-0.05, 0) is 86.0 Å². The number of hydrogen-bond donors (Lipinski definition) is 1. The second-order valence-corrected chi connectivity index (χ2v) is 12.2. The van der Waals surface area contributed by atoms with Crippen LogP contribution in [-0.2, 0) is 26.2 Å². The number of amides is 2. The topological polar surface area (TPSA) is 96.0 Å². The third-order valence-electron chi connectivity index (χ3n) is 6.23. The molecule has 0 fully saturated rings. The number of nitrogens with zero attached hydrogens (tertiary/aromatic N) is 2. The molecule has 220 valence electrons. The van der Waals surface area contributed by atoms with Crippen LogP contribution in [0.25, 0.3) is 0 Å². The molecule has 2 amide bonds. The van der Waals surface area contributed by atoms with E-state index in [-0.39, 0.29) is 29.0 Å². The molecule has 0 radical (unpaired) electrons. The van der Waals surface area contributed by atoms with E-state index in [0.717, 1.165) is 16.4 Å². The van der Waals surface area contributed by atoms with Crippen molar-refractivity contribution in [3.05, 3.63) is 89.2 Å². The van der Waals surface area contributed by atoms with Gasteiger partial charge in [0.15, 0.2) is 0 Å². The van der Waals surface area contributed by atoms with Crippen molar-refractivity contribution in [1.82, 2.24) is 10.2 Å². The molecular formula is C30H35ClFN3O5S. The van der Waals surface area contributed by atoms with Crippen LogP contribution in [0.1, 0.15) is 33.3 Å². The average Bonchev–Trinajstić information content (AvgIpc) is 2.94. The van der Waals surface area contributed by atoms with Crippen molar-refractivity contribution in [1.29, 1.82) is 0 Å². The zero-order valence-electron chi connectivity index (χ0n) is 23.5. The lowest BCUT2D eigenvalue weighted by Gasteiger charge is -2.32. The van der Waals surface area contributed by atoms with Gasteiger partial charge in [-0.3, -0.25) is 13.9 Å². The molecule has 3 rings (SSSR count). The van der Waals surface area contributed by atoms with Gasteiger partial charge in [0.1, 0.15) is 24.2 Å². The molecule has 41 heavy (non-hydrogen) atoms. The molecule has 1 atom stereocenters. The first-order valence-corrected chi connectivity index (χ1v) is 15.1. The summed E-state index contributed by atoms with van der Waals surface area (Å²) in [6.45, 7) is 7.54. The maximum atomic E-state index is 13.9. The highest BCUT2D eigenvalue weighted by Crippen LogP contribution is 2.26. The van der Waals surface area contributed by atoms with Crippen molar-refractivity contribution in [2.24, 2.45) is 5.92 Å². The maximum Gasteiger partial charge on any atom is 0.264 e. The Morgan fingerprint density at radius 3 is 2.12 bits per heavy atom. The molecule has 11 heteroatoms. The molecule has 0 saturated carbocycles. The van der Waals surface area contributed by atoms with Crippen LogP contribution < -0.4 is 14.4 Å². The lowest BCUT2D eigenvalue weighted by Crippen LogP contribution is -2.51. The van der Waals surface area contributed by atoms with Crippen LogP contribution in [0.5, 0.6) is 5.75 Å². The lowest BCUT2D eigenvalue weighted by molar-refractivity contribution is -0.139. The molecule has 0 aliphatic heterocycles. The fourth-order valence-corrected chi connectivity index (χ4v) is 5.50. The molecule has 1 N–H and O–H groups in total. The molecule has 0 spiro atoms. The fourth-order valence-electron chi connectivity index (χ4n) is 3.96. The zero-order valence-corrected chi connectivity index (χ0v) is 25.1. The third kappa shape index (κ3) is 8.68. The van der Waals surface area contributed by atoms with Crippen LogP contribution in [0.3, 0.4) is 0 Å². The van der Waals surface area contributed by atoms with Gasteiger partial charge in [-0.15, -0.1) is 0 Å². The minimum Gasteiger partial charge on any atom is -0.494 e. The van der Waals surface area contributed by atoms with Crippen molar-refractivity contribution in [3.8, 4) is 5.75 Å². The molecule has 0 bridgehead atoms. The smallest absolute Gasteiger partial charge is 0.264 e. The van der Waals surface area contributed by atoms with E-state index in [1.54, 1.807) is 31.2 Å². The van der Waals surface area contributed by atoms with Gasteiger partial charge in [0, 0.05) is 18.1 Å². The number of halogens is 2. The van der Waals surface area contributed by atoms with E-state index in [9.17, 15) is 22.4 Å². The van der Waals surface area contributed by atoms with Crippen LogP contribution in [0.4, 0.5) is 10.1 Å². The molecule has 8 nitrogen and oxygen atoms in total. The van der Waals surface area contributed by atoms with E-state index in [2.05, 4.69) is 5.32 Å². The van der Waals surface area contributed by atoms with Gasteiger partial charge in [0.25, 0.3) is 10.0 Å². The molecule has 3 aromatic rings. The number of hydrogen-bond acceptors (Lipinski definition) is 5. The highest BCUT2D eigenvalue weighted by Gasteiger charge is 2.32. The Labute approximate surface area is 246 Å². The highest BCUT2D eigenvalue weighted by molar-refractivity contribution is 7.92. The van der Waals surface area contributed by atoms with E-state index in [1.807, 2.05) is 20.8 Å². The highest BCUT2D eigenvalue weighted by atomic mass is 35.5. The Hall–Kier alpha value is -3.63. The normalized spacial score (nSPS) is 12.1. The van der Waals surface area contributed by atoms with Crippen molar-refractivity contribution >= 4 is 39.1 Å². The largest absolute Gasteiger partial charge is 0.494 e. The first-order chi connectivity index (χ1) is 19.4. The fraction of sp³-hybridized carbons (Fsp3) is 0.333. The molecular weight excluding hydrogens is 569 g/mol. The zero-order chi connectivity index (χ0) is 30.2. The van der Waals surface area contributed by atoms with Crippen LogP contribution in [-0.4, -0.2) is 50.9 Å². The number of carbonyl (C=O) groups is 2. The van der Waals surface area contributed by atoms with E-state index >= 15 is 0 Å². The quantitative estimate of drug-likeness (QED) is 0.287. The monoisotopic (exact) mass is 603 g/mol. The summed E-state index contributed by atoms with van der Waals surface area (Å²) in [5.41, 5.74) is 0.797. The van der Waals surface area contributed by atoms with Crippen LogP contribution in [0, 0.1) is 11.7 Å². The Kier molecular flexibility index (Phi) is 11.1. The molecule has 1 unspecified atom stereocenters. The number of ether oxygens (including phenoxy) is 1. The van der Waals surface area contributed by atoms with E-state index in [0.29, 0.717) is 29.5 Å². The Bertz CT molecular complexity index is 1420. The SMILES string of the molecule is CCOc1ccc(S(=O)(=O)N(CC(=O)N(Cc2ccc(Cl)cc2)C(C)C(=O)NCC(C)C)c2ccc(F)cc2)cc1. The number of anilines is 1. The van der Waals surface area contributed by atoms with Crippen LogP contribution in [0.15, 0.2) is 77.7 Å². The number of benzene rings is 3. The molecule has 0 saturated heterocycles. The Morgan fingerprint density at radius 1 is 0.951 bits per heavy atom. The standard InChI is InChI=1S/C30H35ClFN3O5S/c1-5-40-27-14-16-28(17-15-27)41(38,39)35(26-12-10-25(32)11-13-26)20-29(36)34(19-23-6-8-24(31)9-7-23)22(4)30(37)33-18-21(2)3/h6-17,21-22H,5,18-20H2,1-4H3,(H,33,37). The molecule has 0 aliphatic rings. The van der Waals surface area contributed by atoms with Gasteiger partial charge in [-0.25, -0.2) is 12.8 Å². The first kappa shape index (κ1) is 31.9. The minimum absolute atomic E-state index is 0.0344.